The molecule has 6 heteroatoms. The number of nitrogens with zero attached hydrogens (tertiary/aromatic N) is 1. The lowest BCUT2D eigenvalue weighted by Crippen LogP contribution is -2.11. The Balaban J connectivity index is 2.29. The van der Waals surface area contributed by atoms with Gasteiger partial charge in [-0.3, -0.25) is 4.79 Å². The molecule has 0 aliphatic rings. The molecule has 1 aromatic heterocycles. The second-order valence-electron chi connectivity index (χ2n) is 5.34. The number of halogens is 3. The van der Waals surface area contributed by atoms with Crippen molar-refractivity contribution in [1.82, 2.24) is 4.57 Å². The molecule has 0 fully saturated rings. The number of nitrogen functional groups attached to an aromatic ring is 1. The van der Waals surface area contributed by atoms with Crippen LogP contribution in [0.2, 0.25) is 0 Å². The molecule has 118 valence electrons. The fourth-order valence-corrected chi connectivity index (χ4v) is 2.58. The summed E-state index contributed by atoms with van der Waals surface area (Å²) in [5, 5.41) is 0.377. The Hall–Kier alpha value is -2.76. The van der Waals surface area contributed by atoms with Crippen molar-refractivity contribution in [2.24, 2.45) is 7.05 Å². The maximum atomic E-state index is 12.9. The predicted octanol–water partition coefficient (Wildman–Crippen LogP) is 3.81. The van der Waals surface area contributed by atoms with Gasteiger partial charge in [0, 0.05) is 29.9 Å². The Kier molecular flexibility index (Phi) is 3.39. The number of nitrogens with two attached hydrogens (primary N) is 1. The molecule has 0 spiro atoms. The van der Waals surface area contributed by atoms with Crippen LogP contribution >= 0.6 is 0 Å². The molecule has 2 aromatic carbocycles. The Labute approximate surface area is 129 Å². The van der Waals surface area contributed by atoms with Gasteiger partial charge in [-0.25, -0.2) is 0 Å². The van der Waals surface area contributed by atoms with E-state index in [0.29, 0.717) is 16.6 Å². The lowest BCUT2D eigenvalue weighted by atomic mass is 10.0. The van der Waals surface area contributed by atoms with Gasteiger partial charge in [-0.2, -0.15) is 13.2 Å². The topological polar surface area (TPSA) is 48.0 Å². The first-order valence-corrected chi connectivity index (χ1v) is 6.84. The van der Waals surface area contributed by atoms with E-state index in [4.69, 9.17) is 5.73 Å². The molecule has 0 bridgehead atoms. The number of pyridine rings is 1. The van der Waals surface area contributed by atoms with Crippen molar-refractivity contribution >= 4 is 16.6 Å². The van der Waals surface area contributed by atoms with Crippen LogP contribution in [0, 0.1) is 0 Å². The lowest BCUT2D eigenvalue weighted by molar-refractivity contribution is -0.137. The van der Waals surface area contributed by atoms with Crippen molar-refractivity contribution in [2.75, 3.05) is 5.73 Å². The van der Waals surface area contributed by atoms with E-state index in [0.717, 1.165) is 12.1 Å². The molecule has 0 saturated heterocycles. The molecular formula is C17H13F3N2O. The smallest absolute Gasteiger partial charge is 0.399 e. The van der Waals surface area contributed by atoms with E-state index >= 15 is 0 Å². The summed E-state index contributed by atoms with van der Waals surface area (Å²) in [5.41, 5.74) is 6.11. The van der Waals surface area contributed by atoms with Crippen molar-refractivity contribution in [2.45, 2.75) is 6.18 Å². The van der Waals surface area contributed by atoms with Gasteiger partial charge in [0.25, 0.3) is 0 Å². The van der Waals surface area contributed by atoms with E-state index < -0.39 is 11.7 Å². The minimum absolute atomic E-state index is 0.205. The Morgan fingerprint density at radius 3 is 2.52 bits per heavy atom. The third-order valence-electron chi connectivity index (χ3n) is 3.71. The zero-order valence-corrected chi connectivity index (χ0v) is 12.2. The molecule has 3 aromatic rings. The van der Waals surface area contributed by atoms with Crippen LogP contribution in [0.25, 0.3) is 22.0 Å². The number of rotatable bonds is 1. The lowest BCUT2D eigenvalue weighted by Gasteiger charge is -2.12. The number of hydrogen-bond acceptors (Lipinski definition) is 2. The van der Waals surface area contributed by atoms with Gasteiger partial charge >= 0.3 is 6.18 Å². The summed E-state index contributed by atoms with van der Waals surface area (Å²) in [6.45, 7) is 0. The number of fused-ring (bicyclic) bond motifs is 1. The monoisotopic (exact) mass is 318 g/mol. The molecule has 0 aliphatic carbocycles. The minimum atomic E-state index is -4.46. The van der Waals surface area contributed by atoms with Crippen molar-refractivity contribution < 1.29 is 13.2 Å². The van der Waals surface area contributed by atoms with Crippen LogP contribution in [0.3, 0.4) is 0 Å². The summed E-state index contributed by atoms with van der Waals surface area (Å²) in [6.07, 6.45) is -2.92. The van der Waals surface area contributed by atoms with E-state index in [1.54, 1.807) is 23.7 Å². The average molecular weight is 318 g/mol. The molecule has 0 atom stereocenters. The summed E-state index contributed by atoms with van der Waals surface area (Å²) in [4.78, 5) is 12.6. The van der Waals surface area contributed by atoms with Gasteiger partial charge in [0.2, 0.25) is 0 Å². The molecule has 0 unspecified atom stereocenters. The third-order valence-corrected chi connectivity index (χ3v) is 3.71. The Bertz CT molecular complexity index is 958. The van der Waals surface area contributed by atoms with E-state index in [1.165, 1.54) is 24.4 Å². The first kappa shape index (κ1) is 15.1. The van der Waals surface area contributed by atoms with Crippen molar-refractivity contribution in [3.63, 3.8) is 0 Å². The van der Waals surface area contributed by atoms with E-state index in [1.807, 2.05) is 0 Å². The van der Waals surface area contributed by atoms with Crippen LogP contribution in [0.4, 0.5) is 18.9 Å². The quantitative estimate of drug-likeness (QED) is 0.694. The van der Waals surface area contributed by atoms with Crippen molar-refractivity contribution in [3.05, 3.63) is 64.4 Å². The van der Waals surface area contributed by atoms with Crippen LogP contribution in [0.15, 0.2) is 53.5 Å². The Morgan fingerprint density at radius 1 is 1.09 bits per heavy atom. The minimum Gasteiger partial charge on any atom is -0.399 e. The van der Waals surface area contributed by atoms with E-state index in [9.17, 15) is 18.0 Å². The highest BCUT2D eigenvalue weighted by Gasteiger charge is 2.30. The van der Waals surface area contributed by atoms with Crippen molar-refractivity contribution in [1.29, 1.82) is 0 Å². The first-order chi connectivity index (χ1) is 10.8. The maximum absolute atomic E-state index is 12.9. The second kappa shape index (κ2) is 5.15. The summed E-state index contributed by atoms with van der Waals surface area (Å²) < 4.78 is 40.3. The molecule has 3 rings (SSSR count). The number of anilines is 1. The summed E-state index contributed by atoms with van der Waals surface area (Å²) in [6, 6.07) is 9.66. The van der Waals surface area contributed by atoms with Gasteiger partial charge in [-0.05, 0) is 35.9 Å². The number of alkyl halides is 3. The number of hydrogen-bond donors (Lipinski definition) is 1. The highest BCUT2D eigenvalue weighted by Crippen LogP contribution is 2.31. The van der Waals surface area contributed by atoms with Crippen LogP contribution in [-0.4, -0.2) is 4.57 Å². The largest absolute Gasteiger partial charge is 0.416 e. The van der Waals surface area contributed by atoms with Crippen LogP contribution < -0.4 is 11.2 Å². The fourth-order valence-electron chi connectivity index (χ4n) is 2.58. The molecule has 1 heterocycles. The average Bonchev–Trinajstić information content (AvgIpc) is 2.50. The van der Waals surface area contributed by atoms with Gasteiger partial charge in [0.15, 0.2) is 5.43 Å². The zero-order valence-electron chi connectivity index (χ0n) is 12.2. The SMILES string of the molecule is Cn1cc(-c2cccc(C(F)(F)F)c2)c(=O)c2cc(N)ccc21. The van der Waals surface area contributed by atoms with Crippen LogP contribution in [0.5, 0.6) is 0 Å². The summed E-state index contributed by atoms with van der Waals surface area (Å²) in [5.74, 6) is 0. The number of benzene rings is 2. The number of aromatic nitrogens is 1. The standard InChI is InChI=1S/C17H13F3N2O/c1-22-9-14(10-3-2-4-11(7-10)17(18,19)20)16(23)13-8-12(21)5-6-15(13)22/h2-9H,21H2,1H3. The predicted molar refractivity (Wildman–Crippen MR) is 84.0 cm³/mol. The molecular weight excluding hydrogens is 305 g/mol. The van der Waals surface area contributed by atoms with E-state index in [-0.39, 0.29) is 16.6 Å². The van der Waals surface area contributed by atoms with E-state index in [2.05, 4.69) is 0 Å². The Morgan fingerprint density at radius 2 is 1.83 bits per heavy atom. The van der Waals surface area contributed by atoms with Gasteiger partial charge in [0.1, 0.15) is 0 Å². The molecule has 0 radical (unpaired) electrons. The molecule has 23 heavy (non-hydrogen) atoms. The molecule has 3 nitrogen and oxygen atoms in total. The maximum Gasteiger partial charge on any atom is 0.416 e. The molecule has 0 amide bonds. The highest BCUT2D eigenvalue weighted by molar-refractivity contribution is 5.86. The molecule has 0 saturated carbocycles. The third kappa shape index (κ3) is 2.67. The van der Waals surface area contributed by atoms with Gasteiger partial charge in [-0.1, -0.05) is 12.1 Å². The highest BCUT2D eigenvalue weighted by atomic mass is 19.4. The zero-order chi connectivity index (χ0) is 16.8. The second-order valence-corrected chi connectivity index (χ2v) is 5.34. The summed E-state index contributed by atoms with van der Waals surface area (Å²) >= 11 is 0. The molecule has 2 N–H and O–H groups in total. The molecule has 0 aliphatic heterocycles. The van der Waals surface area contributed by atoms with Gasteiger partial charge in [-0.15, -0.1) is 0 Å². The fraction of sp³-hybridized carbons (Fsp3) is 0.118. The van der Waals surface area contributed by atoms with Crippen molar-refractivity contribution in [3.8, 4) is 11.1 Å². The van der Waals surface area contributed by atoms with Crippen LogP contribution in [-0.2, 0) is 13.2 Å². The number of aryl methyl sites for hydroxylation is 1. The first-order valence-electron chi connectivity index (χ1n) is 6.84. The summed E-state index contributed by atoms with van der Waals surface area (Å²) in [7, 11) is 1.73. The van der Waals surface area contributed by atoms with Gasteiger partial charge in [0.05, 0.1) is 11.1 Å². The van der Waals surface area contributed by atoms with Gasteiger partial charge < -0.3 is 10.3 Å². The normalized spacial score (nSPS) is 11.8. The van der Waals surface area contributed by atoms with Crippen LogP contribution in [0.1, 0.15) is 5.56 Å².